The number of hydrogen-bond acceptors (Lipinski definition) is 4. The zero-order valence-corrected chi connectivity index (χ0v) is 12.2. The molecule has 21 heavy (non-hydrogen) atoms. The van der Waals surface area contributed by atoms with Gasteiger partial charge in [0.25, 0.3) is 0 Å². The van der Waals surface area contributed by atoms with E-state index >= 15 is 0 Å². The first-order valence-electron chi connectivity index (χ1n) is 6.31. The van der Waals surface area contributed by atoms with Gasteiger partial charge in [-0.3, -0.25) is 9.78 Å². The fourth-order valence-electron chi connectivity index (χ4n) is 1.78. The van der Waals surface area contributed by atoms with Crippen molar-refractivity contribution in [3.05, 3.63) is 52.8 Å². The van der Waals surface area contributed by atoms with Gasteiger partial charge in [0.2, 0.25) is 5.91 Å². The topological polar surface area (TPSA) is 71.5 Å². The molecular weight excluding hydrogens is 292 g/mol. The summed E-state index contributed by atoms with van der Waals surface area (Å²) in [6.07, 6.45) is 1.81. The Labute approximate surface area is 127 Å². The molecule has 0 aliphatic heterocycles. The fourth-order valence-corrected chi connectivity index (χ4v) is 1.98. The zero-order valence-electron chi connectivity index (χ0n) is 11.5. The normalized spacial score (nSPS) is 10.2. The minimum atomic E-state index is -0.152. The SMILES string of the molecule is COc1ccnc(CNC(=O)Cc2ccc(O)c(Cl)c2)c1. The number of methoxy groups -OCH3 is 1. The summed E-state index contributed by atoms with van der Waals surface area (Å²) >= 11 is 5.80. The van der Waals surface area contributed by atoms with Crippen LogP contribution in [0.4, 0.5) is 0 Å². The standard InChI is InChI=1S/C15H15ClN2O3/c1-21-12-4-5-17-11(8-12)9-18-15(20)7-10-2-3-14(19)13(16)6-10/h2-6,8,19H,7,9H2,1H3,(H,18,20). The summed E-state index contributed by atoms with van der Waals surface area (Å²) in [5.74, 6) is 0.544. The van der Waals surface area contributed by atoms with Crippen molar-refractivity contribution >= 4 is 17.5 Å². The largest absolute Gasteiger partial charge is 0.506 e. The van der Waals surface area contributed by atoms with Gasteiger partial charge in [-0.25, -0.2) is 0 Å². The van der Waals surface area contributed by atoms with Crippen molar-refractivity contribution in [2.75, 3.05) is 7.11 Å². The van der Waals surface area contributed by atoms with Gasteiger partial charge in [-0.15, -0.1) is 0 Å². The van der Waals surface area contributed by atoms with E-state index in [4.69, 9.17) is 16.3 Å². The van der Waals surface area contributed by atoms with Crippen LogP contribution in [-0.4, -0.2) is 23.1 Å². The highest BCUT2D eigenvalue weighted by atomic mass is 35.5. The molecule has 1 aromatic carbocycles. The highest BCUT2D eigenvalue weighted by Crippen LogP contribution is 2.23. The number of rotatable bonds is 5. The van der Waals surface area contributed by atoms with Crippen LogP contribution in [0.5, 0.6) is 11.5 Å². The van der Waals surface area contributed by atoms with Crippen LogP contribution in [0.3, 0.4) is 0 Å². The van der Waals surface area contributed by atoms with E-state index in [2.05, 4.69) is 10.3 Å². The molecule has 0 fully saturated rings. The second kappa shape index (κ2) is 6.95. The molecule has 1 amide bonds. The number of phenols is 1. The smallest absolute Gasteiger partial charge is 0.224 e. The minimum Gasteiger partial charge on any atom is -0.506 e. The number of aromatic nitrogens is 1. The zero-order chi connectivity index (χ0) is 15.2. The van der Waals surface area contributed by atoms with Crippen LogP contribution in [0.1, 0.15) is 11.3 Å². The van der Waals surface area contributed by atoms with Crippen molar-refractivity contribution in [3.63, 3.8) is 0 Å². The summed E-state index contributed by atoms with van der Waals surface area (Å²) < 4.78 is 5.09. The lowest BCUT2D eigenvalue weighted by molar-refractivity contribution is -0.120. The van der Waals surface area contributed by atoms with Crippen LogP contribution in [-0.2, 0) is 17.8 Å². The summed E-state index contributed by atoms with van der Waals surface area (Å²) in [6.45, 7) is 0.321. The molecule has 0 radical (unpaired) electrons. The molecule has 2 aromatic rings. The van der Waals surface area contributed by atoms with Gasteiger partial charge in [0.15, 0.2) is 0 Å². The number of aromatic hydroxyl groups is 1. The number of pyridine rings is 1. The molecule has 2 rings (SSSR count). The molecule has 0 spiro atoms. The molecule has 0 aliphatic carbocycles. The highest BCUT2D eigenvalue weighted by molar-refractivity contribution is 6.32. The predicted molar refractivity (Wildman–Crippen MR) is 79.5 cm³/mol. The van der Waals surface area contributed by atoms with Gasteiger partial charge in [-0.2, -0.15) is 0 Å². The second-order valence-corrected chi connectivity index (χ2v) is 4.83. The number of benzene rings is 1. The number of carbonyl (C=O) groups is 1. The summed E-state index contributed by atoms with van der Waals surface area (Å²) in [7, 11) is 1.58. The Hall–Kier alpha value is -2.27. The average molecular weight is 307 g/mol. The lowest BCUT2D eigenvalue weighted by Gasteiger charge is -2.07. The van der Waals surface area contributed by atoms with Crippen LogP contribution >= 0.6 is 11.6 Å². The molecule has 1 aromatic heterocycles. The number of hydrogen-bond donors (Lipinski definition) is 2. The number of phenolic OH excluding ortho intramolecular Hbond substituents is 1. The van der Waals surface area contributed by atoms with Crippen molar-refractivity contribution in [3.8, 4) is 11.5 Å². The van der Waals surface area contributed by atoms with Gasteiger partial charge < -0.3 is 15.2 Å². The van der Waals surface area contributed by atoms with Gasteiger partial charge in [0, 0.05) is 12.3 Å². The Kier molecular flexibility index (Phi) is 5.00. The quantitative estimate of drug-likeness (QED) is 0.889. The molecule has 0 bridgehead atoms. The van der Waals surface area contributed by atoms with E-state index in [1.54, 1.807) is 37.6 Å². The van der Waals surface area contributed by atoms with E-state index < -0.39 is 0 Å². The molecule has 0 saturated carbocycles. The van der Waals surface area contributed by atoms with Crippen molar-refractivity contribution < 1.29 is 14.6 Å². The third-order valence-corrected chi connectivity index (χ3v) is 3.17. The van der Waals surface area contributed by atoms with Gasteiger partial charge in [0.1, 0.15) is 11.5 Å². The number of amides is 1. The molecule has 5 nitrogen and oxygen atoms in total. The van der Waals surface area contributed by atoms with E-state index in [-0.39, 0.29) is 23.1 Å². The van der Waals surface area contributed by atoms with Crippen molar-refractivity contribution in [1.29, 1.82) is 0 Å². The Balaban J connectivity index is 1.91. The first-order valence-corrected chi connectivity index (χ1v) is 6.69. The molecule has 6 heteroatoms. The van der Waals surface area contributed by atoms with Crippen LogP contribution in [0, 0.1) is 0 Å². The summed E-state index contributed by atoms with van der Waals surface area (Å²) in [5.41, 5.74) is 1.44. The Morgan fingerprint density at radius 3 is 2.90 bits per heavy atom. The maximum absolute atomic E-state index is 11.9. The molecule has 110 valence electrons. The van der Waals surface area contributed by atoms with Crippen LogP contribution in [0.2, 0.25) is 5.02 Å². The van der Waals surface area contributed by atoms with E-state index in [9.17, 15) is 9.90 Å². The summed E-state index contributed by atoms with van der Waals surface area (Å²) in [5, 5.41) is 12.3. The number of nitrogens with zero attached hydrogens (tertiary/aromatic N) is 1. The average Bonchev–Trinajstić information content (AvgIpc) is 2.49. The molecule has 0 saturated heterocycles. The fraction of sp³-hybridized carbons (Fsp3) is 0.200. The van der Waals surface area contributed by atoms with Crippen LogP contribution in [0.25, 0.3) is 0 Å². The minimum absolute atomic E-state index is 0.00130. The van der Waals surface area contributed by atoms with Crippen molar-refractivity contribution in [2.24, 2.45) is 0 Å². The predicted octanol–water partition coefficient (Wildman–Crippen LogP) is 2.31. The summed E-state index contributed by atoms with van der Waals surface area (Å²) in [4.78, 5) is 16.0. The van der Waals surface area contributed by atoms with E-state index in [0.717, 1.165) is 5.56 Å². The Bertz CT molecular complexity index is 647. The highest BCUT2D eigenvalue weighted by Gasteiger charge is 2.06. The van der Waals surface area contributed by atoms with Crippen LogP contribution < -0.4 is 10.1 Å². The van der Waals surface area contributed by atoms with E-state index in [1.807, 2.05) is 0 Å². The maximum Gasteiger partial charge on any atom is 0.224 e. The Morgan fingerprint density at radius 2 is 2.19 bits per heavy atom. The lowest BCUT2D eigenvalue weighted by Crippen LogP contribution is -2.25. The van der Waals surface area contributed by atoms with Gasteiger partial charge >= 0.3 is 0 Å². The monoisotopic (exact) mass is 306 g/mol. The van der Waals surface area contributed by atoms with Crippen molar-refractivity contribution in [1.82, 2.24) is 10.3 Å². The number of ether oxygens (including phenoxy) is 1. The molecule has 0 atom stereocenters. The molecule has 2 N–H and O–H groups in total. The molecular formula is C15H15ClN2O3. The maximum atomic E-state index is 11.9. The van der Waals surface area contributed by atoms with Crippen molar-refractivity contribution in [2.45, 2.75) is 13.0 Å². The second-order valence-electron chi connectivity index (χ2n) is 4.43. The number of carbonyl (C=O) groups excluding carboxylic acids is 1. The van der Waals surface area contributed by atoms with Gasteiger partial charge in [-0.1, -0.05) is 17.7 Å². The third-order valence-electron chi connectivity index (χ3n) is 2.87. The van der Waals surface area contributed by atoms with Crippen LogP contribution in [0.15, 0.2) is 36.5 Å². The van der Waals surface area contributed by atoms with Gasteiger partial charge in [0.05, 0.1) is 30.8 Å². The first-order chi connectivity index (χ1) is 10.1. The molecule has 1 heterocycles. The Morgan fingerprint density at radius 1 is 1.38 bits per heavy atom. The van der Waals surface area contributed by atoms with Gasteiger partial charge in [-0.05, 0) is 23.8 Å². The lowest BCUT2D eigenvalue weighted by atomic mass is 10.1. The molecule has 0 unspecified atom stereocenters. The molecule has 0 aliphatic rings. The third kappa shape index (κ3) is 4.36. The van der Waals surface area contributed by atoms with E-state index in [0.29, 0.717) is 18.0 Å². The number of halogens is 1. The number of nitrogens with one attached hydrogen (secondary N) is 1. The first kappa shape index (κ1) is 15.1. The van der Waals surface area contributed by atoms with E-state index in [1.165, 1.54) is 6.07 Å². The summed E-state index contributed by atoms with van der Waals surface area (Å²) in [6, 6.07) is 8.20.